The molecule has 1 aliphatic heterocycles. The Bertz CT molecular complexity index is 1370. The van der Waals surface area contributed by atoms with E-state index < -0.39 is 10.0 Å². The minimum atomic E-state index is -4.11. The van der Waals surface area contributed by atoms with E-state index >= 15 is 0 Å². The lowest BCUT2D eigenvalue weighted by atomic mass is 10.1. The summed E-state index contributed by atoms with van der Waals surface area (Å²) in [6.07, 6.45) is 4.62. The molecule has 200 valence electrons. The van der Waals surface area contributed by atoms with Gasteiger partial charge in [0.2, 0.25) is 0 Å². The monoisotopic (exact) mass is 535 g/mol. The van der Waals surface area contributed by atoms with Gasteiger partial charge in [-0.2, -0.15) is 0 Å². The first-order chi connectivity index (χ1) is 18.4. The van der Waals surface area contributed by atoms with Crippen LogP contribution in [0.4, 0.5) is 5.69 Å². The highest BCUT2D eigenvalue weighted by atomic mass is 32.2. The number of sulfonamides is 1. The second kappa shape index (κ2) is 12.6. The van der Waals surface area contributed by atoms with Gasteiger partial charge in [-0.15, -0.1) is 0 Å². The highest BCUT2D eigenvalue weighted by Gasteiger charge is 2.25. The molecule has 3 aromatic carbocycles. The van der Waals surface area contributed by atoms with Crippen molar-refractivity contribution in [2.45, 2.75) is 37.0 Å². The summed E-state index contributed by atoms with van der Waals surface area (Å²) in [6.45, 7) is 1.67. The molecule has 2 N–H and O–H groups in total. The molecule has 0 saturated carbocycles. The van der Waals surface area contributed by atoms with E-state index in [1.807, 2.05) is 30.3 Å². The number of nitrogens with zero attached hydrogens (tertiary/aromatic N) is 1. The third kappa shape index (κ3) is 6.72. The zero-order valence-corrected chi connectivity index (χ0v) is 22.3. The lowest BCUT2D eigenvalue weighted by Gasteiger charge is -2.22. The van der Waals surface area contributed by atoms with Crippen LogP contribution >= 0.6 is 0 Å². The minimum Gasteiger partial charge on any atom is -0.496 e. The van der Waals surface area contributed by atoms with Crippen molar-refractivity contribution in [1.29, 1.82) is 0 Å². The summed E-state index contributed by atoms with van der Waals surface area (Å²) in [6, 6.07) is 20.4. The third-order valence-electron chi connectivity index (χ3n) is 6.56. The highest BCUT2D eigenvalue weighted by molar-refractivity contribution is 7.92. The van der Waals surface area contributed by atoms with E-state index in [0.29, 0.717) is 31.8 Å². The molecule has 0 aromatic heterocycles. The minimum absolute atomic E-state index is 0.0873. The van der Waals surface area contributed by atoms with Crippen molar-refractivity contribution in [1.82, 2.24) is 10.2 Å². The molecule has 0 radical (unpaired) electrons. The molecule has 0 atom stereocenters. The number of amides is 2. The molecule has 1 fully saturated rings. The van der Waals surface area contributed by atoms with Crippen molar-refractivity contribution in [3.8, 4) is 5.75 Å². The average molecular weight is 536 g/mol. The van der Waals surface area contributed by atoms with Gasteiger partial charge < -0.3 is 15.0 Å². The predicted molar refractivity (Wildman–Crippen MR) is 147 cm³/mol. The van der Waals surface area contributed by atoms with Crippen LogP contribution in [0.25, 0.3) is 0 Å². The maximum Gasteiger partial charge on any atom is 0.261 e. The quantitative estimate of drug-likeness (QED) is 0.420. The molecule has 3 aromatic rings. The molecule has 0 aliphatic carbocycles. The van der Waals surface area contributed by atoms with Gasteiger partial charge in [0.25, 0.3) is 21.8 Å². The third-order valence-corrected chi connectivity index (χ3v) is 7.93. The number of ether oxygens (including phenoxy) is 1. The number of methoxy groups -OCH3 is 1. The molecule has 4 rings (SSSR count). The maximum absolute atomic E-state index is 13.4. The molecule has 8 nitrogen and oxygen atoms in total. The van der Waals surface area contributed by atoms with Gasteiger partial charge in [-0.05, 0) is 55.2 Å². The molecule has 2 amide bonds. The number of anilines is 1. The number of hydrogen-bond acceptors (Lipinski definition) is 5. The fourth-order valence-electron chi connectivity index (χ4n) is 4.50. The number of para-hydroxylation sites is 1. The van der Waals surface area contributed by atoms with Crippen molar-refractivity contribution in [2.24, 2.45) is 0 Å². The smallest absolute Gasteiger partial charge is 0.261 e. The molecule has 9 heteroatoms. The van der Waals surface area contributed by atoms with Gasteiger partial charge in [-0.1, -0.05) is 55.3 Å². The predicted octanol–water partition coefficient (Wildman–Crippen LogP) is 4.48. The summed E-state index contributed by atoms with van der Waals surface area (Å²) < 4.78 is 34.7. The molecule has 38 heavy (non-hydrogen) atoms. The van der Waals surface area contributed by atoms with Crippen molar-refractivity contribution < 1.29 is 22.7 Å². The first kappa shape index (κ1) is 27.2. The van der Waals surface area contributed by atoms with Crippen LogP contribution in [0.15, 0.2) is 77.7 Å². The van der Waals surface area contributed by atoms with E-state index in [4.69, 9.17) is 4.74 Å². The Morgan fingerprint density at radius 3 is 2.26 bits per heavy atom. The van der Waals surface area contributed by atoms with Gasteiger partial charge in [-0.25, -0.2) is 8.42 Å². The lowest BCUT2D eigenvalue weighted by molar-refractivity contribution is 0.0757. The summed E-state index contributed by atoms with van der Waals surface area (Å²) in [7, 11) is -2.66. The number of benzene rings is 3. The van der Waals surface area contributed by atoms with Crippen LogP contribution in [0.1, 0.15) is 52.0 Å². The van der Waals surface area contributed by atoms with Crippen molar-refractivity contribution >= 4 is 27.5 Å². The zero-order valence-electron chi connectivity index (χ0n) is 21.5. The molecule has 1 heterocycles. The Balaban J connectivity index is 1.52. The zero-order chi connectivity index (χ0) is 27.0. The van der Waals surface area contributed by atoms with Gasteiger partial charge in [-0.3, -0.25) is 14.3 Å². The molecule has 0 bridgehead atoms. The van der Waals surface area contributed by atoms with Gasteiger partial charge in [0.1, 0.15) is 5.75 Å². The van der Waals surface area contributed by atoms with Crippen LogP contribution in [0.2, 0.25) is 0 Å². The largest absolute Gasteiger partial charge is 0.496 e. The number of likely N-dealkylation sites (tertiary alicyclic amines) is 1. The first-order valence-electron chi connectivity index (χ1n) is 12.8. The van der Waals surface area contributed by atoms with Crippen LogP contribution in [-0.4, -0.2) is 51.9 Å². The van der Waals surface area contributed by atoms with Crippen LogP contribution < -0.4 is 14.8 Å². The Hall–Kier alpha value is -3.85. The van der Waals surface area contributed by atoms with Crippen molar-refractivity contribution in [3.63, 3.8) is 0 Å². The maximum atomic E-state index is 13.4. The topological polar surface area (TPSA) is 105 Å². The Kier molecular flexibility index (Phi) is 9.02. The number of hydrogen-bond donors (Lipinski definition) is 2. The van der Waals surface area contributed by atoms with E-state index in [1.165, 1.54) is 31.4 Å². The summed E-state index contributed by atoms with van der Waals surface area (Å²) in [5.74, 6) is -0.318. The number of carbonyl (C=O) groups is 2. The summed E-state index contributed by atoms with van der Waals surface area (Å²) in [5.41, 5.74) is 1.65. The second-order valence-corrected chi connectivity index (χ2v) is 10.9. The van der Waals surface area contributed by atoms with E-state index in [0.717, 1.165) is 31.2 Å². The molecule has 0 spiro atoms. The van der Waals surface area contributed by atoms with Gasteiger partial charge >= 0.3 is 0 Å². The van der Waals surface area contributed by atoms with Crippen LogP contribution in [0.3, 0.4) is 0 Å². The lowest BCUT2D eigenvalue weighted by Crippen LogP contribution is -2.32. The molecular formula is C29H33N3O5S. The van der Waals surface area contributed by atoms with E-state index in [1.54, 1.807) is 23.1 Å². The van der Waals surface area contributed by atoms with E-state index in [-0.39, 0.29) is 33.5 Å². The highest BCUT2D eigenvalue weighted by Crippen LogP contribution is 2.27. The number of rotatable bonds is 9. The first-order valence-corrected chi connectivity index (χ1v) is 14.3. The SMILES string of the molecule is COc1ccc(S(=O)(=O)Nc2ccccc2C(=O)NCCc2ccccc2)cc1C(=O)N1CCCCCC1. The average Bonchev–Trinajstić information content (AvgIpc) is 3.23. The van der Waals surface area contributed by atoms with Crippen molar-refractivity contribution in [3.05, 3.63) is 89.5 Å². The van der Waals surface area contributed by atoms with Crippen LogP contribution in [-0.2, 0) is 16.4 Å². The van der Waals surface area contributed by atoms with Gasteiger partial charge in [0.15, 0.2) is 0 Å². The normalized spacial score (nSPS) is 13.9. The Morgan fingerprint density at radius 2 is 1.55 bits per heavy atom. The molecule has 1 saturated heterocycles. The van der Waals surface area contributed by atoms with Gasteiger partial charge in [0.05, 0.1) is 28.8 Å². The molecular weight excluding hydrogens is 502 g/mol. The van der Waals surface area contributed by atoms with Crippen LogP contribution in [0, 0.1) is 0 Å². The van der Waals surface area contributed by atoms with E-state index in [9.17, 15) is 18.0 Å². The van der Waals surface area contributed by atoms with Crippen LogP contribution in [0.5, 0.6) is 5.75 Å². The number of nitrogens with one attached hydrogen (secondary N) is 2. The second-order valence-electron chi connectivity index (χ2n) is 9.21. The summed E-state index contributed by atoms with van der Waals surface area (Å²) in [5, 5.41) is 2.85. The number of carbonyl (C=O) groups excluding carboxylic acids is 2. The van der Waals surface area contributed by atoms with Crippen molar-refractivity contribution in [2.75, 3.05) is 31.5 Å². The van der Waals surface area contributed by atoms with Gasteiger partial charge in [0, 0.05) is 19.6 Å². The Labute approximate surface area is 224 Å². The Morgan fingerprint density at radius 1 is 0.868 bits per heavy atom. The standard InChI is InChI=1S/C29H33N3O5S/c1-37-27-16-15-23(21-25(27)29(34)32-19-9-2-3-10-20-32)38(35,36)31-26-14-8-7-13-24(26)28(33)30-18-17-22-11-5-4-6-12-22/h4-8,11-16,21,31H,2-3,9-10,17-20H2,1H3,(H,30,33). The fourth-order valence-corrected chi connectivity index (χ4v) is 5.61. The summed E-state index contributed by atoms with van der Waals surface area (Å²) in [4.78, 5) is 27.9. The molecule has 0 unspecified atom stereocenters. The molecule has 1 aliphatic rings. The van der Waals surface area contributed by atoms with E-state index in [2.05, 4.69) is 10.0 Å². The fraction of sp³-hybridized carbons (Fsp3) is 0.310. The summed E-state index contributed by atoms with van der Waals surface area (Å²) >= 11 is 0.